The molecule has 0 fully saturated rings. The van der Waals surface area contributed by atoms with E-state index in [1.165, 1.54) is 0 Å². The van der Waals surface area contributed by atoms with Gasteiger partial charge in [0, 0.05) is 6.07 Å². The zero-order valence-electron chi connectivity index (χ0n) is 6.90. The second-order valence-electron chi connectivity index (χ2n) is 2.19. The Balaban J connectivity index is 3.02. The molecule has 13 heavy (non-hydrogen) atoms. The molecular weight excluding hydrogens is 176 g/mol. The van der Waals surface area contributed by atoms with Gasteiger partial charge < -0.3 is 9.84 Å². The zero-order valence-corrected chi connectivity index (χ0v) is 6.90. The number of hydrogen-bond acceptors (Lipinski definition) is 5. The van der Waals surface area contributed by atoms with Crippen LogP contribution in [0.2, 0.25) is 0 Å². The van der Waals surface area contributed by atoms with Crippen molar-refractivity contribution < 1.29 is 14.6 Å². The third-order valence-electron chi connectivity index (χ3n) is 1.26. The van der Waals surface area contributed by atoms with E-state index in [4.69, 9.17) is 5.11 Å². The van der Waals surface area contributed by atoms with E-state index in [1.807, 2.05) is 5.10 Å². The number of aromatic nitrogens is 2. The summed E-state index contributed by atoms with van der Waals surface area (Å²) in [6.45, 7) is 1.81. The molecule has 0 amide bonds. The van der Waals surface area contributed by atoms with Gasteiger partial charge in [0.05, 0.1) is 6.61 Å². The molecule has 1 heterocycles. The number of rotatable bonds is 2. The summed E-state index contributed by atoms with van der Waals surface area (Å²) in [4.78, 5) is 21.6. The molecule has 0 radical (unpaired) electrons. The number of nitrogens with one attached hydrogen (secondary N) is 1. The molecule has 0 atom stereocenters. The molecule has 0 aliphatic carbocycles. The summed E-state index contributed by atoms with van der Waals surface area (Å²) in [5.41, 5.74) is -0.869. The molecular formula is C7H8N2O4. The van der Waals surface area contributed by atoms with Crippen molar-refractivity contribution in [2.24, 2.45) is 0 Å². The molecule has 0 saturated carbocycles. The molecule has 0 bridgehead atoms. The topological polar surface area (TPSA) is 92.3 Å². The number of aromatic hydroxyl groups is 1. The van der Waals surface area contributed by atoms with Crippen LogP contribution in [0.1, 0.15) is 17.4 Å². The van der Waals surface area contributed by atoms with Gasteiger partial charge in [-0.05, 0) is 6.92 Å². The maximum Gasteiger partial charge on any atom is 0.362 e. The summed E-state index contributed by atoms with van der Waals surface area (Å²) in [5.74, 6) is -1.25. The summed E-state index contributed by atoms with van der Waals surface area (Å²) in [6, 6.07) is 0.860. The predicted molar refractivity (Wildman–Crippen MR) is 42.5 cm³/mol. The lowest BCUT2D eigenvalue weighted by Crippen LogP contribution is -2.14. The number of carbonyl (C=O) groups is 1. The van der Waals surface area contributed by atoms with E-state index in [1.54, 1.807) is 6.92 Å². The first-order chi connectivity index (χ1) is 6.15. The molecule has 0 aliphatic heterocycles. The number of carbonyl (C=O) groups excluding carboxylic acids is 1. The van der Waals surface area contributed by atoms with Crippen LogP contribution in [-0.4, -0.2) is 27.9 Å². The molecule has 1 rings (SSSR count). The second-order valence-corrected chi connectivity index (χ2v) is 2.19. The average Bonchev–Trinajstić information content (AvgIpc) is 2.04. The van der Waals surface area contributed by atoms with Gasteiger partial charge in [-0.1, -0.05) is 0 Å². The van der Waals surface area contributed by atoms with Crippen molar-refractivity contribution in [2.45, 2.75) is 6.92 Å². The minimum Gasteiger partial charge on any atom is -0.505 e. The highest BCUT2D eigenvalue weighted by molar-refractivity contribution is 5.89. The van der Waals surface area contributed by atoms with E-state index < -0.39 is 17.3 Å². The summed E-state index contributed by atoms with van der Waals surface area (Å²) in [5, 5.41) is 14.5. The first kappa shape index (κ1) is 9.24. The van der Waals surface area contributed by atoms with Crippen molar-refractivity contribution in [1.82, 2.24) is 10.2 Å². The van der Waals surface area contributed by atoms with E-state index in [-0.39, 0.29) is 12.3 Å². The van der Waals surface area contributed by atoms with Gasteiger partial charge >= 0.3 is 5.97 Å². The summed E-state index contributed by atoms with van der Waals surface area (Å²) < 4.78 is 4.57. The Morgan fingerprint density at radius 2 is 2.46 bits per heavy atom. The summed E-state index contributed by atoms with van der Waals surface area (Å²) >= 11 is 0. The fourth-order valence-corrected chi connectivity index (χ4v) is 0.743. The molecule has 2 N–H and O–H groups in total. The smallest absolute Gasteiger partial charge is 0.362 e. The van der Waals surface area contributed by atoms with Crippen molar-refractivity contribution >= 4 is 5.97 Å². The van der Waals surface area contributed by atoms with Crippen LogP contribution in [0.4, 0.5) is 0 Å². The summed E-state index contributed by atoms with van der Waals surface area (Å²) in [6.07, 6.45) is 0. The van der Waals surface area contributed by atoms with Crippen molar-refractivity contribution in [1.29, 1.82) is 0 Å². The highest BCUT2D eigenvalue weighted by Crippen LogP contribution is 2.10. The van der Waals surface area contributed by atoms with Crippen LogP contribution < -0.4 is 5.56 Å². The molecule has 0 unspecified atom stereocenters. The normalized spacial score (nSPS) is 9.62. The number of esters is 1. The molecule has 1 aromatic rings. The number of ether oxygens (including phenoxy) is 1. The lowest BCUT2D eigenvalue weighted by atomic mass is 10.3. The number of nitrogens with zero attached hydrogens (tertiary/aromatic N) is 1. The second kappa shape index (κ2) is 3.70. The number of aromatic amines is 1. The lowest BCUT2D eigenvalue weighted by molar-refractivity contribution is 0.0514. The SMILES string of the molecule is CCOC(=O)c1n[nH]c(=O)cc1O. The fraction of sp³-hybridized carbons (Fsp3) is 0.286. The Morgan fingerprint density at radius 1 is 1.77 bits per heavy atom. The van der Waals surface area contributed by atoms with Crippen LogP contribution in [0.15, 0.2) is 10.9 Å². The molecule has 6 nitrogen and oxygen atoms in total. The lowest BCUT2D eigenvalue weighted by Gasteiger charge is -2.00. The standard InChI is InChI=1S/C7H8N2O4/c1-2-13-7(12)6-4(10)3-5(11)8-9-6/h3H,2H2,1H3,(H2,8,10,11). The van der Waals surface area contributed by atoms with E-state index in [0.29, 0.717) is 0 Å². The molecule has 0 aliphatic rings. The Morgan fingerprint density at radius 3 is 3.00 bits per heavy atom. The third kappa shape index (κ3) is 2.05. The van der Waals surface area contributed by atoms with Crippen LogP contribution in [0.5, 0.6) is 5.75 Å². The Labute approximate surface area is 73.2 Å². The Hall–Kier alpha value is -1.85. The minimum absolute atomic E-state index is 0.180. The van der Waals surface area contributed by atoms with Crippen LogP contribution in [0.25, 0.3) is 0 Å². The Bertz CT molecular complexity index is 371. The van der Waals surface area contributed by atoms with Gasteiger partial charge in [-0.25, -0.2) is 9.89 Å². The van der Waals surface area contributed by atoms with Crippen LogP contribution >= 0.6 is 0 Å². The number of H-pyrrole nitrogens is 1. The van der Waals surface area contributed by atoms with Gasteiger partial charge in [0.25, 0.3) is 5.56 Å². The first-order valence-corrected chi connectivity index (χ1v) is 3.61. The fourth-order valence-electron chi connectivity index (χ4n) is 0.743. The van der Waals surface area contributed by atoms with Gasteiger partial charge in [-0.3, -0.25) is 4.79 Å². The monoisotopic (exact) mass is 184 g/mol. The van der Waals surface area contributed by atoms with Gasteiger partial charge in [-0.15, -0.1) is 0 Å². The zero-order chi connectivity index (χ0) is 9.84. The summed E-state index contributed by atoms with van der Waals surface area (Å²) in [7, 11) is 0. The molecule has 1 aromatic heterocycles. The highest BCUT2D eigenvalue weighted by Gasteiger charge is 2.14. The van der Waals surface area contributed by atoms with E-state index >= 15 is 0 Å². The highest BCUT2D eigenvalue weighted by atomic mass is 16.5. The molecule has 0 aromatic carbocycles. The van der Waals surface area contributed by atoms with Crippen molar-refractivity contribution in [2.75, 3.05) is 6.61 Å². The maximum absolute atomic E-state index is 11.0. The molecule has 6 heteroatoms. The van der Waals surface area contributed by atoms with E-state index in [9.17, 15) is 9.59 Å². The molecule has 0 saturated heterocycles. The van der Waals surface area contributed by atoms with E-state index in [0.717, 1.165) is 6.07 Å². The molecule has 70 valence electrons. The van der Waals surface area contributed by atoms with Gasteiger partial charge in [-0.2, -0.15) is 5.10 Å². The first-order valence-electron chi connectivity index (χ1n) is 3.61. The van der Waals surface area contributed by atoms with Crippen LogP contribution in [0, 0.1) is 0 Å². The Kier molecular flexibility index (Phi) is 2.63. The molecule has 0 spiro atoms. The quantitative estimate of drug-likeness (QED) is 0.613. The average molecular weight is 184 g/mol. The number of hydrogen-bond donors (Lipinski definition) is 2. The minimum atomic E-state index is -0.767. The third-order valence-corrected chi connectivity index (χ3v) is 1.26. The maximum atomic E-state index is 11.0. The van der Waals surface area contributed by atoms with Crippen molar-refractivity contribution in [3.05, 3.63) is 22.1 Å². The van der Waals surface area contributed by atoms with E-state index in [2.05, 4.69) is 9.84 Å². The van der Waals surface area contributed by atoms with Gasteiger partial charge in [0.1, 0.15) is 0 Å². The van der Waals surface area contributed by atoms with Gasteiger partial charge in [0.15, 0.2) is 5.75 Å². The van der Waals surface area contributed by atoms with Gasteiger partial charge in [0.2, 0.25) is 5.69 Å². The predicted octanol–water partition coefficient (Wildman–Crippen LogP) is -0.348. The van der Waals surface area contributed by atoms with Crippen molar-refractivity contribution in [3.63, 3.8) is 0 Å². The largest absolute Gasteiger partial charge is 0.505 e. The van der Waals surface area contributed by atoms with Crippen LogP contribution in [0.3, 0.4) is 0 Å². The van der Waals surface area contributed by atoms with Crippen LogP contribution in [-0.2, 0) is 4.74 Å². The van der Waals surface area contributed by atoms with Crippen molar-refractivity contribution in [3.8, 4) is 5.75 Å².